The van der Waals surface area contributed by atoms with Gasteiger partial charge in [0.2, 0.25) is 0 Å². The normalized spacial score (nSPS) is 19.3. The largest absolute Gasteiger partial charge is 0.494 e. The topological polar surface area (TPSA) is 56.1 Å². The third-order valence-corrected chi connectivity index (χ3v) is 6.01. The van der Waals surface area contributed by atoms with Crippen molar-refractivity contribution < 1.29 is 9.53 Å². The van der Waals surface area contributed by atoms with Gasteiger partial charge in [0.1, 0.15) is 5.75 Å². The van der Waals surface area contributed by atoms with Gasteiger partial charge >= 0.3 is 0 Å². The standard InChI is InChI=1S/C22H23Cl2N3O2/c1-13-3-5-18(6-4-13)27-12-15-9-20(21(29-2)11-19(15)26-27)25-22(28)14-7-16(23)10-17(24)8-14/h7-13,18H,3-6H2,1-2H3,(H,25,28)/t13-,18-. The molecule has 152 valence electrons. The van der Waals surface area contributed by atoms with Crippen molar-refractivity contribution in [3.8, 4) is 5.75 Å². The van der Waals surface area contributed by atoms with Crippen molar-refractivity contribution in [2.24, 2.45) is 5.92 Å². The number of hydrogen-bond acceptors (Lipinski definition) is 3. The first kappa shape index (κ1) is 20.0. The smallest absolute Gasteiger partial charge is 0.255 e. The zero-order chi connectivity index (χ0) is 20.5. The molecule has 29 heavy (non-hydrogen) atoms. The zero-order valence-corrected chi connectivity index (χ0v) is 17.9. The van der Waals surface area contributed by atoms with Crippen molar-refractivity contribution in [3.05, 3.63) is 52.1 Å². The summed E-state index contributed by atoms with van der Waals surface area (Å²) in [7, 11) is 1.58. The summed E-state index contributed by atoms with van der Waals surface area (Å²) in [4.78, 5) is 12.7. The minimum Gasteiger partial charge on any atom is -0.494 e. The van der Waals surface area contributed by atoms with Gasteiger partial charge in [0.15, 0.2) is 0 Å². The molecule has 2 aromatic carbocycles. The number of nitrogens with one attached hydrogen (secondary N) is 1. The maximum absolute atomic E-state index is 12.7. The highest BCUT2D eigenvalue weighted by Crippen LogP contribution is 2.35. The molecule has 0 bridgehead atoms. The van der Waals surface area contributed by atoms with Gasteiger partial charge in [-0.3, -0.25) is 9.48 Å². The molecule has 5 nitrogen and oxygen atoms in total. The van der Waals surface area contributed by atoms with Crippen LogP contribution in [0.2, 0.25) is 10.0 Å². The summed E-state index contributed by atoms with van der Waals surface area (Å²) in [5.74, 6) is 1.04. The molecular formula is C22H23Cl2N3O2. The van der Waals surface area contributed by atoms with E-state index in [-0.39, 0.29) is 5.91 Å². The van der Waals surface area contributed by atoms with Crippen LogP contribution in [-0.4, -0.2) is 22.8 Å². The average Bonchev–Trinajstić information content (AvgIpc) is 3.10. The first-order valence-electron chi connectivity index (χ1n) is 9.77. The highest BCUT2D eigenvalue weighted by Gasteiger charge is 2.21. The number of carbonyl (C=O) groups is 1. The van der Waals surface area contributed by atoms with Crippen LogP contribution >= 0.6 is 23.2 Å². The number of anilines is 1. The number of methoxy groups -OCH3 is 1. The van der Waals surface area contributed by atoms with Crippen LogP contribution in [0.1, 0.15) is 49.0 Å². The van der Waals surface area contributed by atoms with Gasteiger partial charge in [-0.15, -0.1) is 0 Å². The minimum atomic E-state index is -0.305. The number of hydrogen-bond donors (Lipinski definition) is 1. The molecule has 0 radical (unpaired) electrons. The summed E-state index contributed by atoms with van der Waals surface area (Å²) in [5.41, 5.74) is 1.82. The summed E-state index contributed by atoms with van der Waals surface area (Å²) in [5, 5.41) is 9.44. The van der Waals surface area contributed by atoms with Gasteiger partial charge in [-0.25, -0.2) is 0 Å². The Kier molecular flexibility index (Phi) is 5.70. The fraction of sp³-hybridized carbons (Fsp3) is 0.364. The van der Waals surface area contributed by atoms with Crippen LogP contribution in [0, 0.1) is 5.92 Å². The van der Waals surface area contributed by atoms with E-state index >= 15 is 0 Å². The first-order valence-corrected chi connectivity index (χ1v) is 10.5. The Morgan fingerprint density at radius 2 is 1.79 bits per heavy atom. The van der Waals surface area contributed by atoms with Crippen molar-refractivity contribution in [1.29, 1.82) is 0 Å². The average molecular weight is 432 g/mol. The molecule has 1 fully saturated rings. The van der Waals surface area contributed by atoms with Crippen LogP contribution in [0.25, 0.3) is 10.9 Å². The molecule has 0 aliphatic heterocycles. The molecule has 1 aliphatic carbocycles. The summed E-state index contributed by atoms with van der Waals surface area (Å²) in [6.45, 7) is 2.31. The summed E-state index contributed by atoms with van der Waals surface area (Å²) in [6.07, 6.45) is 6.81. The van der Waals surface area contributed by atoms with E-state index in [2.05, 4.69) is 23.1 Å². The van der Waals surface area contributed by atoms with E-state index < -0.39 is 0 Å². The Labute approximate surface area is 179 Å². The minimum absolute atomic E-state index is 0.305. The van der Waals surface area contributed by atoms with Crippen LogP contribution in [-0.2, 0) is 0 Å². The number of ether oxygens (including phenoxy) is 1. The van der Waals surface area contributed by atoms with Crippen LogP contribution in [0.5, 0.6) is 5.75 Å². The fourth-order valence-electron chi connectivity index (χ4n) is 3.91. The molecule has 1 aliphatic rings. The number of nitrogens with zero attached hydrogens (tertiary/aromatic N) is 2. The summed E-state index contributed by atoms with van der Waals surface area (Å²) in [6, 6.07) is 8.93. The highest BCUT2D eigenvalue weighted by molar-refractivity contribution is 6.35. The Bertz CT molecular complexity index is 1040. The first-order chi connectivity index (χ1) is 13.9. The lowest BCUT2D eigenvalue weighted by Gasteiger charge is -2.26. The van der Waals surface area contributed by atoms with E-state index in [9.17, 15) is 4.79 Å². The molecule has 7 heteroatoms. The molecule has 0 atom stereocenters. The van der Waals surface area contributed by atoms with E-state index in [1.807, 2.05) is 12.1 Å². The summed E-state index contributed by atoms with van der Waals surface area (Å²) >= 11 is 12.0. The number of amides is 1. The van der Waals surface area contributed by atoms with Crippen molar-refractivity contribution in [1.82, 2.24) is 9.78 Å². The van der Waals surface area contributed by atoms with E-state index in [1.165, 1.54) is 12.8 Å². The molecule has 3 aromatic rings. The second kappa shape index (κ2) is 8.25. The van der Waals surface area contributed by atoms with Crippen LogP contribution in [0.15, 0.2) is 36.5 Å². The van der Waals surface area contributed by atoms with Crippen LogP contribution < -0.4 is 10.1 Å². The maximum atomic E-state index is 12.7. The quantitative estimate of drug-likeness (QED) is 0.522. The molecule has 1 N–H and O–H groups in total. The molecular weight excluding hydrogens is 409 g/mol. The van der Waals surface area contributed by atoms with Gasteiger partial charge in [0.05, 0.1) is 24.4 Å². The van der Waals surface area contributed by atoms with Gasteiger partial charge < -0.3 is 10.1 Å². The lowest BCUT2D eigenvalue weighted by molar-refractivity contribution is 0.102. The SMILES string of the molecule is COc1cc2nn([C@H]3CC[C@H](C)CC3)cc2cc1NC(=O)c1cc(Cl)cc(Cl)c1. The Morgan fingerprint density at radius 3 is 2.45 bits per heavy atom. The predicted molar refractivity (Wildman–Crippen MR) is 117 cm³/mol. The molecule has 1 amide bonds. The van der Waals surface area contributed by atoms with Gasteiger partial charge in [-0.1, -0.05) is 30.1 Å². The Hall–Kier alpha value is -2.24. The van der Waals surface area contributed by atoms with Crippen LogP contribution in [0.4, 0.5) is 5.69 Å². The lowest BCUT2D eigenvalue weighted by atomic mass is 9.87. The Balaban J connectivity index is 1.62. The number of rotatable bonds is 4. The lowest BCUT2D eigenvalue weighted by Crippen LogP contribution is -2.16. The van der Waals surface area contributed by atoms with Gasteiger partial charge in [0, 0.05) is 33.3 Å². The van der Waals surface area contributed by atoms with E-state index in [1.54, 1.807) is 25.3 Å². The van der Waals surface area contributed by atoms with Crippen molar-refractivity contribution in [2.75, 3.05) is 12.4 Å². The molecule has 1 heterocycles. The van der Waals surface area contributed by atoms with Crippen molar-refractivity contribution in [2.45, 2.75) is 38.6 Å². The second-order valence-electron chi connectivity index (χ2n) is 7.75. The summed E-state index contributed by atoms with van der Waals surface area (Å²) < 4.78 is 7.56. The van der Waals surface area contributed by atoms with Crippen molar-refractivity contribution in [3.63, 3.8) is 0 Å². The molecule has 0 unspecified atom stereocenters. The van der Waals surface area contributed by atoms with E-state index in [0.29, 0.717) is 33.1 Å². The predicted octanol–water partition coefficient (Wildman–Crippen LogP) is 6.36. The number of halogens is 2. The van der Waals surface area contributed by atoms with Gasteiger partial charge in [-0.05, 0) is 55.9 Å². The number of benzene rings is 2. The molecule has 0 spiro atoms. The monoisotopic (exact) mass is 431 g/mol. The molecule has 1 saturated carbocycles. The Morgan fingerprint density at radius 1 is 1.10 bits per heavy atom. The maximum Gasteiger partial charge on any atom is 0.255 e. The molecule has 0 saturated heterocycles. The van der Waals surface area contributed by atoms with Crippen molar-refractivity contribution >= 4 is 45.7 Å². The van der Waals surface area contributed by atoms with E-state index in [0.717, 1.165) is 29.7 Å². The highest BCUT2D eigenvalue weighted by atomic mass is 35.5. The number of carbonyl (C=O) groups excluding carboxylic acids is 1. The molecule has 1 aromatic heterocycles. The zero-order valence-electron chi connectivity index (χ0n) is 16.4. The molecule has 4 rings (SSSR count). The second-order valence-corrected chi connectivity index (χ2v) is 8.62. The third-order valence-electron chi connectivity index (χ3n) is 5.58. The van der Waals surface area contributed by atoms with Gasteiger partial charge in [0.25, 0.3) is 5.91 Å². The number of fused-ring (bicyclic) bond motifs is 1. The fourth-order valence-corrected chi connectivity index (χ4v) is 4.44. The van der Waals surface area contributed by atoms with Crippen LogP contribution in [0.3, 0.4) is 0 Å². The third kappa shape index (κ3) is 4.36. The van der Waals surface area contributed by atoms with E-state index in [4.69, 9.17) is 33.0 Å². The number of aromatic nitrogens is 2. The van der Waals surface area contributed by atoms with Gasteiger partial charge in [-0.2, -0.15) is 5.10 Å².